The zero-order chi connectivity index (χ0) is 20.2. The van der Waals surface area contributed by atoms with Gasteiger partial charge in [-0.2, -0.15) is 0 Å². The minimum absolute atomic E-state index is 0.258. The average molecular weight is 400 g/mol. The number of primary amides is 1. The molecule has 1 aromatic carbocycles. The van der Waals surface area contributed by atoms with E-state index in [-0.39, 0.29) is 17.8 Å². The summed E-state index contributed by atoms with van der Waals surface area (Å²) in [6.45, 7) is 9.48. The van der Waals surface area contributed by atoms with Crippen molar-refractivity contribution in [2.24, 2.45) is 11.7 Å². The molecule has 0 bridgehead atoms. The van der Waals surface area contributed by atoms with Crippen molar-refractivity contribution in [1.29, 1.82) is 0 Å². The Kier molecular flexibility index (Phi) is 7.36. The second-order valence-electron chi connectivity index (χ2n) is 7.98. The summed E-state index contributed by atoms with van der Waals surface area (Å²) in [7, 11) is 0. The number of carbonyl (C=O) groups excluding carboxylic acids is 1. The lowest BCUT2D eigenvalue weighted by Crippen LogP contribution is -2.41. The molecule has 0 unspecified atom stereocenters. The van der Waals surface area contributed by atoms with E-state index in [0.717, 1.165) is 37.2 Å². The van der Waals surface area contributed by atoms with E-state index in [1.165, 1.54) is 12.1 Å². The van der Waals surface area contributed by atoms with Crippen LogP contribution in [-0.4, -0.2) is 35.1 Å². The lowest BCUT2D eigenvalue weighted by molar-refractivity contribution is 0.129. The SMILES string of the molecule is C[C@@H](N[S@+]([O-])C(C)(C)C)c1cc(F)ccc1N1CCC(COC(N)=O)CC1. The second-order valence-corrected chi connectivity index (χ2v) is 9.98. The van der Waals surface area contributed by atoms with Gasteiger partial charge in [-0.15, -0.1) is 4.72 Å². The van der Waals surface area contributed by atoms with Gasteiger partial charge in [-0.1, -0.05) is 0 Å². The fourth-order valence-electron chi connectivity index (χ4n) is 3.10. The van der Waals surface area contributed by atoms with Gasteiger partial charge in [-0.3, -0.25) is 0 Å². The Bertz CT molecular complexity index is 646. The molecule has 2 atom stereocenters. The smallest absolute Gasteiger partial charge is 0.404 e. The normalized spacial score (nSPS) is 18.2. The molecular formula is C19H30FN3O3S. The van der Waals surface area contributed by atoms with Gasteiger partial charge in [-0.05, 0) is 70.2 Å². The number of ether oxygens (including phenoxy) is 1. The molecule has 27 heavy (non-hydrogen) atoms. The van der Waals surface area contributed by atoms with Crippen molar-refractivity contribution in [3.8, 4) is 0 Å². The highest BCUT2D eigenvalue weighted by Crippen LogP contribution is 2.32. The maximum atomic E-state index is 13.9. The lowest BCUT2D eigenvalue weighted by Gasteiger charge is -2.35. The Balaban J connectivity index is 2.09. The van der Waals surface area contributed by atoms with Crippen LogP contribution in [0.25, 0.3) is 0 Å². The van der Waals surface area contributed by atoms with Crippen LogP contribution >= 0.6 is 0 Å². The fraction of sp³-hybridized carbons (Fsp3) is 0.632. The summed E-state index contributed by atoms with van der Waals surface area (Å²) in [6, 6.07) is 4.49. The van der Waals surface area contributed by atoms with Crippen LogP contribution in [0.1, 0.15) is 52.1 Å². The first-order chi connectivity index (χ1) is 12.6. The van der Waals surface area contributed by atoms with E-state index in [2.05, 4.69) is 9.62 Å². The third-order valence-electron chi connectivity index (χ3n) is 4.71. The predicted molar refractivity (Wildman–Crippen MR) is 106 cm³/mol. The van der Waals surface area contributed by atoms with Crippen molar-refractivity contribution < 1.29 is 18.5 Å². The maximum Gasteiger partial charge on any atom is 0.404 e. The highest BCUT2D eigenvalue weighted by molar-refractivity contribution is 7.90. The molecule has 0 spiro atoms. The molecule has 1 amide bonds. The quantitative estimate of drug-likeness (QED) is 0.717. The zero-order valence-corrected chi connectivity index (χ0v) is 17.3. The minimum Gasteiger partial charge on any atom is -0.598 e. The molecular weight excluding hydrogens is 369 g/mol. The minimum atomic E-state index is -1.25. The topological polar surface area (TPSA) is 90.7 Å². The highest BCUT2D eigenvalue weighted by Gasteiger charge is 2.30. The molecule has 1 saturated heterocycles. The van der Waals surface area contributed by atoms with Crippen molar-refractivity contribution in [3.63, 3.8) is 0 Å². The first-order valence-electron chi connectivity index (χ1n) is 9.22. The molecule has 8 heteroatoms. The van der Waals surface area contributed by atoms with Crippen LogP contribution in [0.3, 0.4) is 0 Å². The number of nitrogens with one attached hydrogen (secondary N) is 1. The number of nitrogens with zero attached hydrogens (tertiary/aromatic N) is 1. The number of amides is 1. The van der Waals surface area contributed by atoms with Crippen molar-refractivity contribution in [1.82, 2.24) is 4.72 Å². The molecule has 0 aromatic heterocycles. The summed E-state index contributed by atoms with van der Waals surface area (Å²) < 4.78 is 33.9. The van der Waals surface area contributed by atoms with Crippen molar-refractivity contribution in [2.45, 2.75) is 51.3 Å². The number of hydrogen-bond acceptors (Lipinski definition) is 5. The average Bonchev–Trinajstić information content (AvgIpc) is 2.59. The number of carbonyl (C=O) groups is 1. The molecule has 1 aliphatic rings. The van der Waals surface area contributed by atoms with Crippen LogP contribution in [0.2, 0.25) is 0 Å². The monoisotopic (exact) mass is 399 g/mol. The van der Waals surface area contributed by atoms with Gasteiger partial charge < -0.3 is 19.9 Å². The van der Waals surface area contributed by atoms with E-state index in [1.54, 1.807) is 6.07 Å². The van der Waals surface area contributed by atoms with Crippen LogP contribution in [0.4, 0.5) is 14.9 Å². The lowest BCUT2D eigenvalue weighted by atomic mass is 9.96. The van der Waals surface area contributed by atoms with Gasteiger partial charge in [0, 0.05) is 30.1 Å². The number of rotatable bonds is 6. The van der Waals surface area contributed by atoms with Gasteiger partial charge in [0.25, 0.3) is 0 Å². The van der Waals surface area contributed by atoms with Crippen LogP contribution in [-0.2, 0) is 16.1 Å². The number of benzene rings is 1. The molecule has 3 N–H and O–H groups in total. The summed E-state index contributed by atoms with van der Waals surface area (Å²) in [5, 5.41) is 0. The Morgan fingerprint density at radius 1 is 1.44 bits per heavy atom. The van der Waals surface area contributed by atoms with Crippen LogP contribution in [0.5, 0.6) is 0 Å². The predicted octanol–water partition coefficient (Wildman–Crippen LogP) is 3.25. The van der Waals surface area contributed by atoms with E-state index >= 15 is 0 Å². The number of anilines is 1. The van der Waals surface area contributed by atoms with E-state index in [1.807, 2.05) is 27.7 Å². The first kappa shape index (κ1) is 21.8. The van der Waals surface area contributed by atoms with Gasteiger partial charge in [0.15, 0.2) is 0 Å². The molecule has 0 radical (unpaired) electrons. The maximum absolute atomic E-state index is 13.9. The molecule has 2 rings (SSSR count). The number of nitrogens with two attached hydrogens (primary N) is 1. The zero-order valence-electron chi connectivity index (χ0n) is 16.5. The van der Waals surface area contributed by atoms with Gasteiger partial charge in [0.1, 0.15) is 10.6 Å². The number of piperidine rings is 1. The van der Waals surface area contributed by atoms with Crippen molar-refractivity contribution in [3.05, 3.63) is 29.6 Å². The van der Waals surface area contributed by atoms with Gasteiger partial charge in [0.05, 0.1) is 12.6 Å². The van der Waals surface area contributed by atoms with E-state index in [0.29, 0.717) is 6.61 Å². The third kappa shape index (κ3) is 6.26. The summed E-state index contributed by atoms with van der Waals surface area (Å²) in [6.07, 6.45) is 0.977. The van der Waals surface area contributed by atoms with Crippen LogP contribution in [0, 0.1) is 11.7 Å². The third-order valence-corrected chi connectivity index (χ3v) is 6.39. The molecule has 1 aliphatic heterocycles. The summed E-state index contributed by atoms with van der Waals surface area (Å²) in [4.78, 5) is 13.0. The van der Waals surface area contributed by atoms with Gasteiger partial charge in [0.2, 0.25) is 0 Å². The summed E-state index contributed by atoms with van der Waals surface area (Å²) in [5.74, 6) is -0.0322. The Morgan fingerprint density at radius 3 is 2.63 bits per heavy atom. The molecule has 1 heterocycles. The fourth-order valence-corrected chi connectivity index (χ4v) is 3.90. The van der Waals surface area contributed by atoms with Crippen LogP contribution in [0.15, 0.2) is 18.2 Å². The van der Waals surface area contributed by atoms with E-state index < -0.39 is 22.2 Å². The summed E-state index contributed by atoms with van der Waals surface area (Å²) >= 11 is -1.25. The number of halogens is 1. The first-order valence-corrected chi connectivity index (χ1v) is 10.4. The Labute approximate surface area is 163 Å². The Morgan fingerprint density at radius 2 is 2.07 bits per heavy atom. The molecule has 0 saturated carbocycles. The van der Waals surface area contributed by atoms with Gasteiger partial charge in [-0.25, -0.2) is 9.18 Å². The van der Waals surface area contributed by atoms with E-state index in [4.69, 9.17) is 10.5 Å². The summed E-state index contributed by atoms with van der Waals surface area (Å²) in [5.41, 5.74) is 6.76. The highest BCUT2D eigenvalue weighted by atomic mass is 32.2. The van der Waals surface area contributed by atoms with Crippen molar-refractivity contribution >= 4 is 23.1 Å². The molecule has 1 fully saturated rings. The van der Waals surface area contributed by atoms with Crippen LogP contribution < -0.4 is 15.4 Å². The molecule has 6 nitrogen and oxygen atoms in total. The van der Waals surface area contributed by atoms with Gasteiger partial charge >= 0.3 is 6.09 Å². The standard InChI is InChI=1S/C19H30FN3O3S/c1-13(22-27(25)19(2,3)4)16-11-15(20)5-6-17(16)23-9-7-14(8-10-23)12-26-18(21)24/h5-6,11,13-14,22H,7-10,12H2,1-4H3,(H2,21,24)/t13-,27-/m1/s1. The Hall–Kier alpha value is -1.51. The van der Waals surface area contributed by atoms with Crippen molar-refractivity contribution in [2.75, 3.05) is 24.6 Å². The molecule has 1 aromatic rings. The second kappa shape index (κ2) is 9.12. The molecule has 152 valence electrons. The largest absolute Gasteiger partial charge is 0.598 e. The molecule has 0 aliphatic carbocycles. The number of hydrogen-bond donors (Lipinski definition) is 2. The van der Waals surface area contributed by atoms with E-state index in [9.17, 15) is 13.7 Å².